The van der Waals surface area contributed by atoms with Gasteiger partial charge < -0.3 is 14.9 Å². The maximum Gasteiger partial charge on any atom is 0.0969 e. The van der Waals surface area contributed by atoms with Crippen molar-refractivity contribution in [1.29, 1.82) is 0 Å². The fraction of sp³-hybridized carbons (Fsp3) is 0.833. The number of nitrogens with zero attached hydrogens (tertiary/aromatic N) is 3. The van der Waals surface area contributed by atoms with Crippen molar-refractivity contribution in [2.75, 3.05) is 19.8 Å². The van der Waals surface area contributed by atoms with E-state index in [0.29, 0.717) is 32.6 Å². The summed E-state index contributed by atoms with van der Waals surface area (Å²) in [5.41, 5.74) is 0.836. The van der Waals surface area contributed by atoms with Gasteiger partial charge in [-0.3, -0.25) is 0 Å². The van der Waals surface area contributed by atoms with Crippen LogP contribution in [-0.4, -0.2) is 51.1 Å². The molecule has 0 fully saturated rings. The lowest BCUT2D eigenvalue weighted by Crippen LogP contribution is -2.22. The molecule has 0 aliphatic heterocycles. The number of unbranched alkanes of at least 4 members (excludes halogenated alkanes) is 1. The van der Waals surface area contributed by atoms with E-state index in [-0.39, 0.29) is 6.61 Å². The summed E-state index contributed by atoms with van der Waals surface area (Å²) in [7, 11) is 0. The third kappa shape index (κ3) is 6.09. The highest BCUT2D eigenvalue weighted by Crippen LogP contribution is 1.99. The summed E-state index contributed by atoms with van der Waals surface area (Å²) in [6.07, 6.45) is 4.73. The summed E-state index contributed by atoms with van der Waals surface area (Å²) in [4.78, 5) is 0. The lowest BCUT2D eigenvalue weighted by molar-refractivity contribution is 0.0251. The lowest BCUT2D eigenvalue weighted by Gasteiger charge is -2.10. The van der Waals surface area contributed by atoms with E-state index in [4.69, 9.17) is 9.84 Å². The molecule has 0 radical (unpaired) electrons. The first-order valence-electron chi connectivity index (χ1n) is 6.52. The van der Waals surface area contributed by atoms with Gasteiger partial charge in [-0.25, -0.2) is 4.68 Å². The van der Waals surface area contributed by atoms with Crippen molar-refractivity contribution in [3.8, 4) is 0 Å². The van der Waals surface area contributed by atoms with E-state index in [0.717, 1.165) is 18.5 Å². The van der Waals surface area contributed by atoms with Gasteiger partial charge in [-0.05, 0) is 19.3 Å². The topological polar surface area (TPSA) is 80.4 Å². The van der Waals surface area contributed by atoms with Gasteiger partial charge >= 0.3 is 0 Å². The highest BCUT2D eigenvalue weighted by molar-refractivity contribution is 4.92. The van der Waals surface area contributed by atoms with Gasteiger partial charge in [0.2, 0.25) is 0 Å². The Bertz CT molecular complexity index is 317. The van der Waals surface area contributed by atoms with E-state index < -0.39 is 6.10 Å². The number of aliphatic hydroxyl groups is 2. The fourth-order valence-electron chi connectivity index (χ4n) is 1.54. The number of aryl methyl sites for hydroxylation is 1. The molecule has 0 aliphatic rings. The molecule has 0 bridgehead atoms. The second-order valence-electron chi connectivity index (χ2n) is 4.34. The van der Waals surface area contributed by atoms with Gasteiger partial charge in [0.25, 0.3) is 0 Å². The van der Waals surface area contributed by atoms with Crippen molar-refractivity contribution in [3.05, 3.63) is 11.9 Å². The molecule has 18 heavy (non-hydrogen) atoms. The maximum atomic E-state index is 9.73. The van der Waals surface area contributed by atoms with Crippen LogP contribution in [0.3, 0.4) is 0 Å². The molecule has 1 aromatic heterocycles. The summed E-state index contributed by atoms with van der Waals surface area (Å²) in [6, 6.07) is 0. The van der Waals surface area contributed by atoms with Crippen molar-refractivity contribution in [3.63, 3.8) is 0 Å². The molecule has 0 saturated carbocycles. The normalized spacial score (nSPS) is 12.8. The highest BCUT2D eigenvalue weighted by Gasteiger charge is 2.07. The van der Waals surface area contributed by atoms with Crippen LogP contribution >= 0.6 is 0 Å². The summed E-state index contributed by atoms with van der Waals surface area (Å²) in [5, 5.41) is 26.3. The summed E-state index contributed by atoms with van der Waals surface area (Å²) in [5.74, 6) is 0. The Labute approximate surface area is 108 Å². The van der Waals surface area contributed by atoms with Crippen LogP contribution in [0.15, 0.2) is 6.20 Å². The molecule has 0 amide bonds. The molecule has 104 valence electrons. The van der Waals surface area contributed by atoms with Crippen LogP contribution in [0.1, 0.15) is 31.9 Å². The van der Waals surface area contributed by atoms with Gasteiger partial charge in [0, 0.05) is 19.4 Å². The van der Waals surface area contributed by atoms with E-state index in [1.165, 1.54) is 0 Å². The number of rotatable bonds is 10. The van der Waals surface area contributed by atoms with Crippen molar-refractivity contribution >= 4 is 0 Å². The number of aliphatic hydroxyl groups excluding tert-OH is 2. The smallest absolute Gasteiger partial charge is 0.0969 e. The van der Waals surface area contributed by atoms with Crippen molar-refractivity contribution in [1.82, 2.24) is 15.0 Å². The van der Waals surface area contributed by atoms with Gasteiger partial charge in [0.05, 0.1) is 24.9 Å². The first-order chi connectivity index (χ1) is 8.76. The quantitative estimate of drug-likeness (QED) is 0.592. The van der Waals surface area contributed by atoms with Crippen LogP contribution < -0.4 is 0 Å². The number of hydrogen-bond donors (Lipinski definition) is 2. The molecular weight excluding hydrogens is 234 g/mol. The van der Waals surface area contributed by atoms with E-state index in [2.05, 4.69) is 17.2 Å². The Hall–Kier alpha value is -0.980. The number of hydrogen-bond acceptors (Lipinski definition) is 5. The predicted molar refractivity (Wildman–Crippen MR) is 67.2 cm³/mol. The van der Waals surface area contributed by atoms with Crippen LogP contribution in [0, 0.1) is 0 Å². The van der Waals surface area contributed by atoms with E-state index in [1.807, 2.05) is 0 Å². The SMILES string of the molecule is CCCCOCC(O)Cn1cc(CCCO)nn1. The molecule has 6 heteroatoms. The number of aromatic nitrogens is 3. The zero-order valence-corrected chi connectivity index (χ0v) is 11.0. The standard InChI is InChI=1S/C12H23N3O3/c1-2-3-7-18-10-12(17)9-15-8-11(13-14-15)5-4-6-16/h8,12,16-17H,2-7,9-10H2,1H3. The van der Waals surface area contributed by atoms with Gasteiger partial charge in [0.15, 0.2) is 0 Å². The molecule has 1 rings (SSSR count). The molecule has 1 atom stereocenters. The second kappa shape index (κ2) is 9.02. The molecule has 1 aromatic rings. The van der Waals surface area contributed by atoms with Crippen LogP contribution in [0.4, 0.5) is 0 Å². The minimum absolute atomic E-state index is 0.154. The van der Waals surface area contributed by atoms with Crippen LogP contribution in [0.25, 0.3) is 0 Å². The molecule has 0 aromatic carbocycles. The van der Waals surface area contributed by atoms with Crippen molar-refractivity contribution in [2.24, 2.45) is 0 Å². The highest BCUT2D eigenvalue weighted by atomic mass is 16.5. The minimum Gasteiger partial charge on any atom is -0.396 e. The summed E-state index contributed by atoms with van der Waals surface area (Å²) >= 11 is 0. The van der Waals surface area contributed by atoms with Gasteiger partial charge in [-0.15, -0.1) is 5.10 Å². The van der Waals surface area contributed by atoms with Gasteiger partial charge in [0.1, 0.15) is 0 Å². The minimum atomic E-state index is -0.561. The van der Waals surface area contributed by atoms with Crippen LogP contribution in [-0.2, 0) is 17.7 Å². The summed E-state index contributed by atoms with van der Waals surface area (Å²) in [6.45, 7) is 3.65. The summed E-state index contributed by atoms with van der Waals surface area (Å²) < 4.78 is 6.95. The Morgan fingerprint density at radius 2 is 2.28 bits per heavy atom. The van der Waals surface area contributed by atoms with Gasteiger partial charge in [-0.2, -0.15) is 0 Å². The largest absolute Gasteiger partial charge is 0.396 e. The molecule has 6 nitrogen and oxygen atoms in total. The Balaban J connectivity index is 2.22. The third-order valence-corrected chi connectivity index (χ3v) is 2.53. The van der Waals surface area contributed by atoms with Crippen molar-refractivity contribution in [2.45, 2.75) is 45.3 Å². The zero-order chi connectivity index (χ0) is 13.2. The van der Waals surface area contributed by atoms with Crippen LogP contribution in [0.5, 0.6) is 0 Å². The Morgan fingerprint density at radius 3 is 3.00 bits per heavy atom. The second-order valence-corrected chi connectivity index (χ2v) is 4.34. The zero-order valence-electron chi connectivity index (χ0n) is 11.0. The molecule has 1 heterocycles. The fourth-order valence-corrected chi connectivity index (χ4v) is 1.54. The molecular formula is C12H23N3O3. The van der Waals surface area contributed by atoms with E-state index in [9.17, 15) is 5.11 Å². The van der Waals surface area contributed by atoms with Gasteiger partial charge in [-0.1, -0.05) is 18.6 Å². The molecule has 0 saturated heterocycles. The Morgan fingerprint density at radius 1 is 1.44 bits per heavy atom. The van der Waals surface area contributed by atoms with E-state index in [1.54, 1.807) is 10.9 Å². The monoisotopic (exact) mass is 257 g/mol. The van der Waals surface area contributed by atoms with E-state index >= 15 is 0 Å². The Kier molecular flexibility index (Phi) is 7.55. The molecule has 2 N–H and O–H groups in total. The first-order valence-corrected chi connectivity index (χ1v) is 6.52. The number of ether oxygens (including phenoxy) is 1. The lowest BCUT2D eigenvalue weighted by atomic mass is 10.2. The molecule has 0 aliphatic carbocycles. The predicted octanol–water partition coefficient (Wildman–Crippen LogP) is 0.381. The third-order valence-electron chi connectivity index (χ3n) is 2.53. The maximum absolute atomic E-state index is 9.73. The van der Waals surface area contributed by atoms with Crippen LogP contribution in [0.2, 0.25) is 0 Å². The van der Waals surface area contributed by atoms with Crippen molar-refractivity contribution < 1.29 is 14.9 Å². The average molecular weight is 257 g/mol. The average Bonchev–Trinajstić information content (AvgIpc) is 2.80. The molecule has 0 spiro atoms. The molecule has 1 unspecified atom stereocenters. The first kappa shape index (κ1) is 15.1.